The van der Waals surface area contributed by atoms with Gasteiger partial charge in [-0.15, -0.1) is 0 Å². The number of carbonyl (C=O) groups excluding carboxylic acids is 1. The lowest BCUT2D eigenvalue weighted by Gasteiger charge is -2.36. The largest absolute Gasteiger partial charge is 0.354 e. The van der Waals surface area contributed by atoms with Gasteiger partial charge in [0.05, 0.1) is 5.75 Å². The number of hydrogen-bond donors (Lipinski definition) is 1. The first kappa shape index (κ1) is 20.0. The summed E-state index contributed by atoms with van der Waals surface area (Å²) in [4.78, 5) is 23.5. The van der Waals surface area contributed by atoms with Crippen molar-refractivity contribution in [1.82, 2.24) is 9.97 Å². The molecule has 0 radical (unpaired) electrons. The molecule has 1 N–H and O–H groups in total. The number of nitrogens with zero attached hydrogens (tertiary/aromatic N) is 3. The highest BCUT2D eigenvalue weighted by Gasteiger charge is 2.22. The number of nitrogens with one attached hydrogen (secondary N) is 1. The molecule has 1 unspecified atom stereocenters. The fourth-order valence-corrected chi connectivity index (χ4v) is 4.18. The van der Waals surface area contributed by atoms with Gasteiger partial charge < -0.3 is 10.2 Å². The van der Waals surface area contributed by atoms with Crippen LogP contribution in [-0.4, -0.2) is 34.2 Å². The summed E-state index contributed by atoms with van der Waals surface area (Å²) >= 11 is 7.43. The zero-order valence-electron chi connectivity index (χ0n) is 15.7. The molecule has 0 saturated carbocycles. The van der Waals surface area contributed by atoms with Crippen LogP contribution >= 0.6 is 23.4 Å². The van der Waals surface area contributed by atoms with Gasteiger partial charge in [0.25, 0.3) is 0 Å². The lowest BCUT2D eigenvalue weighted by molar-refractivity contribution is -0.113. The van der Waals surface area contributed by atoms with Gasteiger partial charge in [-0.2, -0.15) is 0 Å². The molecule has 1 fully saturated rings. The standard InChI is InChI=1S/C20H25ClN4OS/c1-3-16-6-4-5-9-25(16)18-11-20(23-13-22-18)27-12-19(26)24-17-10-15(21)8-7-14(17)2/h7-8,10-11,13,16H,3-6,9,12H2,1-2H3,(H,24,26). The van der Waals surface area contributed by atoms with Crippen molar-refractivity contribution in [2.24, 2.45) is 0 Å². The van der Waals surface area contributed by atoms with Crippen LogP contribution in [0.15, 0.2) is 35.6 Å². The second kappa shape index (κ2) is 9.42. The van der Waals surface area contributed by atoms with E-state index in [9.17, 15) is 4.79 Å². The van der Waals surface area contributed by atoms with E-state index in [1.807, 2.05) is 25.1 Å². The number of halogens is 1. The third kappa shape index (κ3) is 5.36. The van der Waals surface area contributed by atoms with Crippen molar-refractivity contribution in [1.29, 1.82) is 0 Å². The summed E-state index contributed by atoms with van der Waals surface area (Å²) < 4.78 is 0. The topological polar surface area (TPSA) is 58.1 Å². The van der Waals surface area contributed by atoms with Crippen molar-refractivity contribution in [3.63, 3.8) is 0 Å². The summed E-state index contributed by atoms with van der Waals surface area (Å²) in [5.41, 5.74) is 1.73. The fraction of sp³-hybridized carbons (Fsp3) is 0.450. The highest BCUT2D eigenvalue weighted by Crippen LogP contribution is 2.27. The van der Waals surface area contributed by atoms with Gasteiger partial charge in [0, 0.05) is 29.4 Å². The summed E-state index contributed by atoms with van der Waals surface area (Å²) in [7, 11) is 0. The fourth-order valence-electron chi connectivity index (χ4n) is 3.35. The third-order valence-corrected chi connectivity index (χ3v) is 6.01. The van der Waals surface area contributed by atoms with Gasteiger partial charge in [0.2, 0.25) is 5.91 Å². The lowest BCUT2D eigenvalue weighted by Crippen LogP contribution is -2.39. The van der Waals surface area contributed by atoms with Crippen LogP contribution in [0.2, 0.25) is 5.02 Å². The van der Waals surface area contributed by atoms with Crippen molar-refractivity contribution >= 4 is 40.8 Å². The number of benzene rings is 1. The molecule has 2 aromatic rings. The summed E-state index contributed by atoms with van der Waals surface area (Å²) in [6, 6.07) is 8.01. The Kier molecular flexibility index (Phi) is 6.96. The van der Waals surface area contributed by atoms with Gasteiger partial charge in [-0.3, -0.25) is 4.79 Å². The number of hydrogen-bond acceptors (Lipinski definition) is 5. The molecule has 3 rings (SSSR count). The van der Waals surface area contributed by atoms with Gasteiger partial charge in [-0.1, -0.05) is 36.4 Å². The number of piperidine rings is 1. The maximum absolute atomic E-state index is 12.3. The van der Waals surface area contributed by atoms with Gasteiger partial charge in [0.15, 0.2) is 0 Å². The molecule has 27 heavy (non-hydrogen) atoms. The van der Waals surface area contributed by atoms with Gasteiger partial charge in [-0.25, -0.2) is 9.97 Å². The zero-order chi connectivity index (χ0) is 19.2. The van der Waals surface area contributed by atoms with Crippen LogP contribution in [0.5, 0.6) is 0 Å². The minimum absolute atomic E-state index is 0.0741. The number of amides is 1. The average Bonchev–Trinajstić information content (AvgIpc) is 2.69. The Labute approximate surface area is 169 Å². The first-order valence-electron chi connectivity index (χ1n) is 9.34. The SMILES string of the molecule is CCC1CCCCN1c1cc(SCC(=O)Nc2cc(Cl)ccc2C)ncn1. The Morgan fingerprint density at radius 2 is 2.19 bits per heavy atom. The molecule has 1 aromatic heterocycles. The number of carbonyl (C=O) groups is 1. The maximum Gasteiger partial charge on any atom is 0.234 e. The van der Waals surface area contributed by atoms with E-state index < -0.39 is 0 Å². The van der Waals surface area contributed by atoms with Crippen molar-refractivity contribution in [3.8, 4) is 0 Å². The molecule has 1 saturated heterocycles. The van der Waals surface area contributed by atoms with Gasteiger partial charge in [0.1, 0.15) is 17.2 Å². The minimum atomic E-state index is -0.0741. The number of anilines is 2. The molecule has 0 aliphatic carbocycles. The molecule has 1 aliphatic rings. The molecular weight excluding hydrogens is 380 g/mol. The molecule has 7 heteroatoms. The van der Waals surface area contributed by atoms with Crippen LogP contribution in [0.1, 0.15) is 38.2 Å². The second-order valence-electron chi connectivity index (χ2n) is 6.76. The Hall–Kier alpha value is -1.79. The van der Waals surface area contributed by atoms with E-state index in [2.05, 4.69) is 27.1 Å². The lowest BCUT2D eigenvalue weighted by atomic mass is 10.0. The molecule has 1 aromatic carbocycles. The van der Waals surface area contributed by atoms with Gasteiger partial charge in [-0.05, 0) is 50.3 Å². The minimum Gasteiger partial charge on any atom is -0.354 e. The third-order valence-electron chi connectivity index (χ3n) is 4.85. The van der Waals surface area contributed by atoms with Crippen LogP contribution in [0, 0.1) is 6.92 Å². The second-order valence-corrected chi connectivity index (χ2v) is 8.19. The smallest absolute Gasteiger partial charge is 0.234 e. The van der Waals surface area contributed by atoms with Crippen molar-refractivity contribution in [2.75, 3.05) is 22.5 Å². The number of aryl methyl sites for hydroxylation is 1. The molecule has 144 valence electrons. The van der Waals surface area contributed by atoms with Crippen LogP contribution in [0.3, 0.4) is 0 Å². The molecule has 5 nitrogen and oxygen atoms in total. The quantitative estimate of drug-likeness (QED) is 0.546. The van der Waals surface area contributed by atoms with Crippen LogP contribution < -0.4 is 10.2 Å². The average molecular weight is 405 g/mol. The molecule has 1 atom stereocenters. The van der Waals surface area contributed by atoms with E-state index in [1.54, 1.807) is 12.4 Å². The van der Waals surface area contributed by atoms with Crippen LogP contribution in [0.4, 0.5) is 11.5 Å². The number of thioether (sulfide) groups is 1. The van der Waals surface area contributed by atoms with Crippen molar-refractivity contribution in [2.45, 2.75) is 50.6 Å². The summed E-state index contributed by atoms with van der Waals surface area (Å²) in [5.74, 6) is 1.18. The van der Waals surface area contributed by atoms with E-state index >= 15 is 0 Å². The predicted octanol–water partition coefficient (Wildman–Crippen LogP) is 4.94. The van der Waals surface area contributed by atoms with E-state index in [1.165, 1.54) is 31.0 Å². The first-order chi connectivity index (χ1) is 13.1. The molecule has 0 bridgehead atoms. The number of rotatable bonds is 6. The molecule has 1 aliphatic heterocycles. The molecule has 1 amide bonds. The first-order valence-corrected chi connectivity index (χ1v) is 10.7. The monoisotopic (exact) mass is 404 g/mol. The van der Waals surface area contributed by atoms with Gasteiger partial charge >= 0.3 is 0 Å². The van der Waals surface area contributed by atoms with E-state index in [-0.39, 0.29) is 5.91 Å². The Bertz CT molecular complexity index is 801. The normalized spacial score (nSPS) is 17.0. The molecule has 2 heterocycles. The molecule has 0 spiro atoms. The Morgan fingerprint density at radius 1 is 1.33 bits per heavy atom. The van der Waals surface area contributed by atoms with Crippen molar-refractivity contribution in [3.05, 3.63) is 41.2 Å². The van der Waals surface area contributed by atoms with Crippen LogP contribution in [-0.2, 0) is 4.79 Å². The Balaban J connectivity index is 1.61. The maximum atomic E-state index is 12.3. The Morgan fingerprint density at radius 3 is 3.00 bits per heavy atom. The van der Waals surface area contributed by atoms with Crippen molar-refractivity contribution < 1.29 is 4.79 Å². The number of aromatic nitrogens is 2. The molecular formula is C20H25ClN4OS. The summed E-state index contributed by atoms with van der Waals surface area (Å²) in [5, 5.41) is 4.34. The van der Waals surface area contributed by atoms with E-state index in [4.69, 9.17) is 11.6 Å². The predicted molar refractivity (Wildman–Crippen MR) is 113 cm³/mol. The van der Waals surface area contributed by atoms with E-state index in [0.717, 1.165) is 35.1 Å². The van der Waals surface area contributed by atoms with E-state index in [0.29, 0.717) is 16.8 Å². The summed E-state index contributed by atoms with van der Waals surface area (Å²) in [6.45, 7) is 5.20. The highest BCUT2D eigenvalue weighted by molar-refractivity contribution is 7.99. The van der Waals surface area contributed by atoms with Crippen LogP contribution in [0.25, 0.3) is 0 Å². The zero-order valence-corrected chi connectivity index (χ0v) is 17.3. The summed E-state index contributed by atoms with van der Waals surface area (Å²) in [6.07, 6.45) is 6.41. The highest BCUT2D eigenvalue weighted by atomic mass is 35.5.